The van der Waals surface area contributed by atoms with Gasteiger partial charge in [0.2, 0.25) is 0 Å². The molecule has 1 aromatic carbocycles. The normalized spacial score (nSPS) is 15.4. The first kappa shape index (κ1) is 20.1. The Balaban J connectivity index is 1.55. The molecule has 1 aliphatic rings. The number of ether oxygens (including phenoxy) is 1. The van der Waals surface area contributed by atoms with Crippen LogP contribution in [-0.4, -0.2) is 46.5 Å². The Labute approximate surface area is 167 Å². The lowest BCUT2D eigenvalue weighted by Crippen LogP contribution is -2.42. The zero-order valence-electron chi connectivity index (χ0n) is 17.2. The summed E-state index contributed by atoms with van der Waals surface area (Å²) in [6.07, 6.45) is 3.61. The van der Waals surface area contributed by atoms with Gasteiger partial charge in [0.05, 0.1) is 6.61 Å². The monoisotopic (exact) mass is 382 g/mol. The fraction of sp³-hybridized carbons (Fsp3) is 0.500. The van der Waals surface area contributed by atoms with Gasteiger partial charge in [-0.15, -0.1) is 0 Å². The molecule has 1 aromatic heterocycles. The van der Waals surface area contributed by atoms with Gasteiger partial charge in [-0.05, 0) is 50.1 Å². The lowest BCUT2D eigenvalue weighted by Gasteiger charge is -2.33. The summed E-state index contributed by atoms with van der Waals surface area (Å²) in [6, 6.07) is 9.61. The van der Waals surface area contributed by atoms with Crippen molar-refractivity contribution in [3.05, 3.63) is 47.9 Å². The van der Waals surface area contributed by atoms with Crippen LogP contribution in [0.2, 0.25) is 0 Å². The number of hydrogen-bond donors (Lipinski definition) is 1. The van der Waals surface area contributed by atoms with Gasteiger partial charge in [0, 0.05) is 36.3 Å². The number of aromatic nitrogens is 2. The van der Waals surface area contributed by atoms with Gasteiger partial charge >= 0.3 is 0 Å². The third-order valence-electron chi connectivity index (χ3n) is 4.87. The standard InChI is InChI=1S/C22H30N4O2/c1-5-28-18-8-6-16(7-9-18)20(27)26-14-11-17(12-15-26)24-19-10-13-23-21(25-19)22(2,3)4/h6-10,13,17H,5,11-12,14-15H2,1-4H3,(H,23,24,25). The predicted octanol–water partition coefficient (Wildman–Crippen LogP) is 3.89. The Morgan fingerprint density at radius 2 is 1.86 bits per heavy atom. The van der Waals surface area contributed by atoms with Crippen LogP contribution in [0.4, 0.5) is 5.82 Å². The summed E-state index contributed by atoms with van der Waals surface area (Å²) >= 11 is 0. The zero-order valence-corrected chi connectivity index (χ0v) is 17.2. The highest BCUT2D eigenvalue weighted by atomic mass is 16.5. The average Bonchev–Trinajstić information content (AvgIpc) is 2.68. The number of carbonyl (C=O) groups excluding carboxylic acids is 1. The van der Waals surface area contributed by atoms with Crippen molar-refractivity contribution in [1.82, 2.24) is 14.9 Å². The van der Waals surface area contributed by atoms with Gasteiger partial charge in [-0.2, -0.15) is 0 Å². The Kier molecular flexibility index (Phi) is 6.17. The van der Waals surface area contributed by atoms with Crippen molar-refractivity contribution in [2.45, 2.75) is 52.0 Å². The Hall–Kier alpha value is -2.63. The van der Waals surface area contributed by atoms with E-state index in [0.29, 0.717) is 18.2 Å². The molecule has 28 heavy (non-hydrogen) atoms. The van der Waals surface area contributed by atoms with Crippen molar-refractivity contribution < 1.29 is 9.53 Å². The van der Waals surface area contributed by atoms with E-state index in [1.54, 1.807) is 6.20 Å². The van der Waals surface area contributed by atoms with E-state index in [4.69, 9.17) is 4.74 Å². The summed E-state index contributed by atoms with van der Waals surface area (Å²) in [5.41, 5.74) is 0.631. The number of benzene rings is 1. The Morgan fingerprint density at radius 1 is 1.18 bits per heavy atom. The second-order valence-corrected chi connectivity index (χ2v) is 8.18. The fourth-order valence-electron chi connectivity index (χ4n) is 3.28. The summed E-state index contributed by atoms with van der Waals surface area (Å²) in [4.78, 5) is 23.7. The van der Waals surface area contributed by atoms with Gasteiger partial charge in [0.1, 0.15) is 17.4 Å². The van der Waals surface area contributed by atoms with Crippen LogP contribution >= 0.6 is 0 Å². The van der Waals surface area contributed by atoms with E-state index in [0.717, 1.165) is 43.3 Å². The average molecular weight is 383 g/mol. The lowest BCUT2D eigenvalue weighted by molar-refractivity contribution is 0.0718. The lowest BCUT2D eigenvalue weighted by atomic mass is 9.96. The topological polar surface area (TPSA) is 67.3 Å². The number of carbonyl (C=O) groups is 1. The highest BCUT2D eigenvalue weighted by molar-refractivity contribution is 5.94. The van der Waals surface area contributed by atoms with Crippen molar-refractivity contribution in [2.75, 3.05) is 25.0 Å². The highest BCUT2D eigenvalue weighted by Gasteiger charge is 2.24. The number of nitrogens with zero attached hydrogens (tertiary/aromatic N) is 3. The first-order chi connectivity index (χ1) is 13.4. The number of rotatable bonds is 5. The molecule has 2 aromatic rings. The summed E-state index contributed by atoms with van der Waals surface area (Å²) in [5, 5.41) is 3.51. The number of piperidine rings is 1. The molecule has 2 heterocycles. The second-order valence-electron chi connectivity index (χ2n) is 8.18. The molecule has 1 amide bonds. The van der Waals surface area contributed by atoms with E-state index in [9.17, 15) is 4.79 Å². The summed E-state index contributed by atoms with van der Waals surface area (Å²) < 4.78 is 5.44. The summed E-state index contributed by atoms with van der Waals surface area (Å²) in [5.74, 6) is 2.57. The molecule has 0 spiro atoms. The zero-order chi connectivity index (χ0) is 20.1. The highest BCUT2D eigenvalue weighted by Crippen LogP contribution is 2.21. The molecule has 6 heteroatoms. The molecule has 0 aliphatic carbocycles. The molecule has 0 bridgehead atoms. The molecule has 3 rings (SSSR count). The number of anilines is 1. The minimum Gasteiger partial charge on any atom is -0.494 e. The maximum absolute atomic E-state index is 12.7. The maximum atomic E-state index is 12.7. The van der Waals surface area contributed by atoms with Gasteiger partial charge in [-0.3, -0.25) is 4.79 Å². The number of likely N-dealkylation sites (tertiary alicyclic amines) is 1. The molecule has 0 atom stereocenters. The summed E-state index contributed by atoms with van der Waals surface area (Å²) in [7, 11) is 0. The SMILES string of the molecule is CCOc1ccc(C(=O)N2CCC(Nc3ccnc(C(C)(C)C)n3)CC2)cc1. The minimum absolute atomic E-state index is 0.0782. The molecular formula is C22H30N4O2. The predicted molar refractivity (Wildman–Crippen MR) is 111 cm³/mol. The molecule has 1 aliphatic heterocycles. The molecule has 0 radical (unpaired) electrons. The van der Waals surface area contributed by atoms with E-state index < -0.39 is 0 Å². The van der Waals surface area contributed by atoms with Crippen LogP contribution in [-0.2, 0) is 5.41 Å². The number of amides is 1. The molecule has 1 N–H and O–H groups in total. The third-order valence-corrected chi connectivity index (χ3v) is 4.87. The van der Waals surface area contributed by atoms with E-state index in [2.05, 4.69) is 36.1 Å². The van der Waals surface area contributed by atoms with Gasteiger partial charge < -0.3 is 15.0 Å². The van der Waals surface area contributed by atoms with Crippen LogP contribution in [0.3, 0.4) is 0 Å². The fourth-order valence-corrected chi connectivity index (χ4v) is 3.28. The van der Waals surface area contributed by atoms with Crippen LogP contribution in [0.25, 0.3) is 0 Å². The van der Waals surface area contributed by atoms with Crippen molar-refractivity contribution in [3.63, 3.8) is 0 Å². The van der Waals surface area contributed by atoms with Crippen LogP contribution in [0, 0.1) is 0 Å². The van der Waals surface area contributed by atoms with Crippen LogP contribution in [0.1, 0.15) is 56.7 Å². The Morgan fingerprint density at radius 3 is 2.46 bits per heavy atom. The molecule has 0 saturated carbocycles. The van der Waals surface area contributed by atoms with Crippen molar-refractivity contribution >= 4 is 11.7 Å². The first-order valence-electron chi connectivity index (χ1n) is 9.99. The van der Waals surface area contributed by atoms with Crippen molar-refractivity contribution in [2.24, 2.45) is 0 Å². The molecule has 1 fully saturated rings. The van der Waals surface area contributed by atoms with Gasteiger partial charge in [0.25, 0.3) is 5.91 Å². The van der Waals surface area contributed by atoms with E-state index >= 15 is 0 Å². The van der Waals surface area contributed by atoms with Gasteiger partial charge in [-0.25, -0.2) is 9.97 Å². The van der Waals surface area contributed by atoms with E-state index in [1.807, 2.05) is 42.2 Å². The van der Waals surface area contributed by atoms with Gasteiger partial charge in [-0.1, -0.05) is 20.8 Å². The first-order valence-corrected chi connectivity index (χ1v) is 9.99. The Bertz CT molecular complexity index is 791. The van der Waals surface area contributed by atoms with Crippen LogP contribution in [0.5, 0.6) is 5.75 Å². The number of nitrogens with one attached hydrogen (secondary N) is 1. The van der Waals surface area contributed by atoms with Crippen LogP contribution in [0.15, 0.2) is 36.5 Å². The largest absolute Gasteiger partial charge is 0.494 e. The molecular weight excluding hydrogens is 352 g/mol. The molecule has 150 valence electrons. The van der Waals surface area contributed by atoms with Crippen molar-refractivity contribution in [1.29, 1.82) is 0 Å². The molecule has 0 unspecified atom stereocenters. The minimum atomic E-state index is -0.0782. The third kappa shape index (κ3) is 5.00. The summed E-state index contributed by atoms with van der Waals surface area (Å²) in [6.45, 7) is 10.4. The smallest absolute Gasteiger partial charge is 0.253 e. The molecule has 6 nitrogen and oxygen atoms in total. The maximum Gasteiger partial charge on any atom is 0.253 e. The second kappa shape index (κ2) is 8.59. The van der Waals surface area contributed by atoms with Gasteiger partial charge in [0.15, 0.2) is 0 Å². The molecule has 1 saturated heterocycles. The van der Waals surface area contributed by atoms with Crippen molar-refractivity contribution in [3.8, 4) is 5.75 Å². The number of hydrogen-bond acceptors (Lipinski definition) is 5. The van der Waals surface area contributed by atoms with Crippen LogP contribution < -0.4 is 10.1 Å². The van der Waals surface area contributed by atoms with E-state index in [-0.39, 0.29) is 11.3 Å². The van der Waals surface area contributed by atoms with E-state index in [1.165, 1.54) is 0 Å². The quantitative estimate of drug-likeness (QED) is 0.850.